The third kappa shape index (κ3) is 4.86. The summed E-state index contributed by atoms with van der Waals surface area (Å²) in [4.78, 5) is 0. The van der Waals surface area contributed by atoms with Gasteiger partial charge in [-0.2, -0.15) is 0 Å². The lowest BCUT2D eigenvalue weighted by atomic mass is 9.87. The van der Waals surface area contributed by atoms with E-state index < -0.39 is 10.0 Å². The predicted molar refractivity (Wildman–Crippen MR) is 76.1 cm³/mol. The normalized spacial score (nSPS) is 19.6. The molecule has 0 spiro atoms. The van der Waals surface area contributed by atoms with Crippen molar-refractivity contribution < 1.29 is 8.42 Å². The molecule has 0 bridgehead atoms. The summed E-state index contributed by atoms with van der Waals surface area (Å²) < 4.78 is 25.9. The number of rotatable bonds is 7. The average Bonchev–Trinajstić information content (AvgIpc) is 2.35. The van der Waals surface area contributed by atoms with Gasteiger partial charge in [-0.1, -0.05) is 20.8 Å². The molecule has 0 radical (unpaired) electrons. The summed E-state index contributed by atoms with van der Waals surface area (Å²) >= 11 is 0. The summed E-state index contributed by atoms with van der Waals surface area (Å²) in [6.07, 6.45) is 3.07. The molecule has 4 nitrogen and oxygen atoms in total. The van der Waals surface area contributed by atoms with E-state index in [1.165, 1.54) is 0 Å². The minimum Gasteiger partial charge on any atom is -0.316 e. The van der Waals surface area contributed by atoms with Gasteiger partial charge in [0.2, 0.25) is 10.0 Å². The maximum atomic E-state index is 12.1. The van der Waals surface area contributed by atoms with Crippen molar-refractivity contribution >= 4 is 10.0 Å². The Balaban J connectivity index is 2.36. The topological polar surface area (TPSA) is 49.4 Å². The Labute approximate surface area is 112 Å². The van der Waals surface area contributed by atoms with Crippen LogP contribution in [0.4, 0.5) is 0 Å². The Kier molecular flexibility index (Phi) is 6.60. The molecule has 0 aromatic heterocycles. The highest BCUT2D eigenvalue weighted by Gasteiger charge is 2.28. The second kappa shape index (κ2) is 7.46. The SMILES string of the molecule is CCCNCCS(=O)(=O)N1CCC(C(C)C)CC1. The summed E-state index contributed by atoms with van der Waals surface area (Å²) in [6, 6.07) is 0. The van der Waals surface area contributed by atoms with Crippen molar-refractivity contribution in [2.45, 2.75) is 40.0 Å². The van der Waals surface area contributed by atoms with Crippen molar-refractivity contribution in [3.63, 3.8) is 0 Å². The largest absolute Gasteiger partial charge is 0.316 e. The first-order valence-corrected chi connectivity index (χ1v) is 8.76. The van der Waals surface area contributed by atoms with E-state index in [4.69, 9.17) is 0 Å². The Bertz CT molecular complexity index is 320. The van der Waals surface area contributed by atoms with Crippen LogP contribution >= 0.6 is 0 Å². The van der Waals surface area contributed by atoms with Gasteiger partial charge in [-0.15, -0.1) is 0 Å². The molecule has 1 rings (SSSR count). The molecule has 1 saturated heterocycles. The van der Waals surface area contributed by atoms with Gasteiger partial charge in [-0.25, -0.2) is 12.7 Å². The molecule has 0 aliphatic carbocycles. The standard InChI is InChI=1S/C13H28N2O2S/c1-4-7-14-8-11-18(16,17)15-9-5-13(6-10-15)12(2)3/h12-14H,4-11H2,1-3H3. The third-order valence-corrected chi connectivity index (χ3v) is 5.67. The zero-order valence-electron chi connectivity index (χ0n) is 12.0. The Hall–Kier alpha value is -0.130. The van der Waals surface area contributed by atoms with Gasteiger partial charge in [0.25, 0.3) is 0 Å². The molecule has 108 valence electrons. The van der Waals surface area contributed by atoms with Crippen LogP contribution in [0.3, 0.4) is 0 Å². The zero-order valence-corrected chi connectivity index (χ0v) is 12.8. The summed E-state index contributed by atoms with van der Waals surface area (Å²) in [6.45, 7) is 9.41. The molecule has 18 heavy (non-hydrogen) atoms. The van der Waals surface area contributed by atoms with Crippen LogP contribution in [0.2, 0.25) is 0 Å². The molecule has 1 aliphatic rings. The van der Waals surface area contributed by atoms with Crippen LogP contribution in [0.5, 0.6) is 0 Å². The van der Waals surface area contributed by atoms with E-state index in [0.717, 1.165) is 25.8 Å². The maximum absolute atomic E-state index is 12.1. The van der Waals surface area contributed by atoms with Crippen molar-refractivity contribution in [2.24, 2.45) is 11.8 Å². The van der Waals surface area contributed by atoms with Gasteiger partial charge in [0.1, 0.15) is 0 Å². The van der Waals surface area contributed by atoms with E-state index in [1.54, 1.807) is 4.31 Å². The molecule has 1 N–H and O–H groups in total. The van der Waals surface area contributed by atoms with Gasteiger partial charge in [0.05, 0.1) is 5.75 Å². The fourth-order valence-electron chi connectivity index (χ4n) is 2.45. The van der Waals surface area contributed by atoms with Crippen molar-refractivity contribution in [3.8, 4) is 0 Å². The fraction of sp³-hybridized carbons (Fsp3) is 1.00. The lowest BCUT2D eigenvalue weighted by Gasteiger charge is -2.33. The minimum atomic E-state index is -3.04. The second-order valence-corrected chi connectivity index (χ2v) is 7.63. The second-order valence-electron chi connectivity index (χ2n) is 5.55. The first-order chi connectivity index (χ1) is 8.47. The van der Waals surface area contributed by atoms with Gasteiger partial charge < -0.3 is 5.32 Å². The monoisotopic (exact) mass is 276 g/mol. The number of nitrogens with one attached hydrogen (secondary N) is 1. The number of hydrogen-bond acceptors (Lipinski definition) is 3. The number of nitrogens with zero attached hydrogens (tertiary/aromatic N) is 1. The van der Waals surface area contributed by atoms with E-state index in [0.29, 0.717) is 31.5 Å². The van der Waals surface area contributed by atoms with Crippen molar-refractivity contribution in [2.75, 3.05) is 31.9 Å². The Morgan fingerprint density at radius 1 is 1.22 bits per heavy atom. The molecule has 1 heterocycles. The van der Waals surface area contributed by atoms with Gasteiger partial charge in [-0.05, 0) is 37.6 Å². The van der Waals surface area contributed by atoms with Crippen LogP contribution in [0, 0.1) is 11.8 Å². The molecular formula is C13H28N2O2S. The lowest BCUT2D eigenvalue weighted by Crippen LogP contribution is -2.42. The molecule has 5 heteroatoms. The maximum Gasteiger partial charge on any atom is 0.215 e. The molecule has 0 aromatic carbocycles. The van der Waals surface area contributed by atoms with Crippen LogP contribution in [-0.2, 0) is 10.0 Å². The third-order valence-electron chi connectivity index (χ3n) is 3.80. The molecule has 0 amide bonds. The van der Waals surface area contributed by atoms with Gasteiger partial charge in [0.15, 0.2) is 0 Å². The van der Waals surface area contributed by atoms with Crippen molar-refractivity contribution in [1.82, 2.24) is 9.62 Å². The molecule has 0 atom stereocenters. The molecule has 0 saturated carbocycles. The van der Waals surface area contributed by atoms with Gasteiger partial charge >= 0.3 is 0 Å². The fourth-order valence-corrected chi connectivity index (χ4v) is 3.88. The highest BCUT2D eigenvalue weighted by molar-refractivity contribution is 7.89. The molecule has 1 aliphatic heterocycles. The van der Waals surface area contributed by atoms with Crippen LogP contribution in [-0.4, -0.2) is 44.7 Å². The van der Waals surface area contributed by atoms with E-state index >= 15 is 0 Å². The first kappa shape index (κ1) is 15.9. The van der Waals surface area contributed by atoms with Crippen molar-refractivity contribution in [1.29, 1.82) is 0 Å². The van der Waals surface area contributed by atoms with Gasteiger partial charge in [-0.3, -0.25) is 0 Å². The van der Waals surface area contributed by atoms with Crippen LogP contribution in [0.25, 0.3) is 0 Å². The van der Waals surface area contributed by atoms with Crippen LogP contribution in [0.1, 0.15) is 40.0 Å². The Morgan fingerprint density at radius 2 is 1.83 bits per heavy atom. The average molecular weight is 276 g/mol. The van der Waals surface area contributed by atoms with Gasteiger partial charge in [0, 0.05) is 19.6 Å². The molecular weight excluding hydrogens is 248 g/mol. The predicted octanol–water partition coefficient (Wildman–Crippen LogP) is 1.68. The lowest BCUT2D eigenvalue weighted by molar-refractivity contribution is 0.226. The van der Waals surface area contributed by atoms with E-state index in [9.17, 15) is 8.42 Å². The first-order valence-electron chi connectivity index (χ1n) is 7.16. The zero-order chi connectivity index (χ0) is 13.6. The van der Waals surface area contributed by atoms with E-state index in [1.807, 2.05) is 0 Å². The van der Waals surface area contributed by atoms with E-state index in [-0.39, 0.29) is 5.75 Å². The number of hydrogen-bond donors (Lipinski definition) is 1. The van der Waals surface area contributed by atoms with Crippen LogP contribution < -0.4 is 5.32 Å². The smallest absolute Gasteiger partial charge is 0.215 e. The summed E-state index contributed by atoms with van der Waals surface area (Å²) in [5.74, 6) is 1.59. The van der Waals surface area contributed by atoms with Crippen LogP contribution in [0.15, 0.2) is 0 Å². The summed E-state index contributed by atoms with van der Waals surface area (Å²) in [5, 5.41) is 3.15. The van der Waals surface area contributed by atoms with Crippen molar-refractivity contribution in [3.05, 3.63) is 0 Å². The molecule has 0 unspecified atom stereocenters. The Morgan fingerprint density at radius 3 is 2.33 bits per heavy atom. The quantitative estimate of drug-likeness (QED) is 0.720. The number of sulfonamides is 1. The number of piperidine rings is 1. The summed E-state index contributed by atoms with van der Waals surface area (Å²) in [7, 11) is -3.04. The highest BCUT2D eigenvalue weighted by Crippen LogP contribution is 2.25. The minimum absolute atomic E-state index is 0.235. The highest BCUT2D eigenvalue weighted by atomic mass is 32.2. The molecule has 1 fully saturated rings. The van der Waals surface area contributed by atoms with E-state index in [2.05, 4.69) is 26.1 Å². The summed E-state index contributed by atoms with van der Waals surface area (Å²) in [5.41, 5.74) is 0. The molecule has 0 aromatic rings.